The fourth-order valence-corrected chi connectivity index (χ4v) is 3.21. The topological polar surface area (TPSA) is 15.3 Å². The first-order valence-corrected chi connectivity index (χ1v) is 7.84. The molecule has 0 radical (unpaired) electrons. The molecule has 1 saturated heterocycles. The lowest BCUT2D eigenvalue weighted by Crippen LogP contribution is -2.45. The highest BCUT2D eigenvalue weighted by Crippen LogP contribution is 2.41. The van der Waals surface area contributed by atoms with E-state index in [4.69, 9.17) is 11.6 Å². The molecule has 0 bridgehead atoms. The summed E-state index contributed by atoms with van der Waals surface area (Å²) in [6, 6.07) is 2.60. The van der Waals surface area contributed by atoms with Crippen LogP contribution in [0, 0.1) is 0 Å². The largest absolute Gasteiger partial charge is 0.417 e. The summed E-state index contributed by atoms with van der Waals surface area (Å²) in [5.41, 5.74) is -0.925. The number of benzene rings is 1. The highest BCUT2D eigenvalue weighted by molar-refractivity contribution is 6.32. The molecule has 24 heavy (non-hydrogen) atoms. The molecule has 9 heteroatoms. The number of hydrogen-bond acceptors (Lipinski definition) is 2. The van der Waals surface area contributed by atoms with E-state index in [2.05, 4.69) is 5.32 Å². The maximum Gasteiger partial charge on any atom is 0.417 e. The molecule has 0 amide bonds. The fraction of sp³-hybridized carbons (Fsp3) is 0.600. The second-order valence-corrected chi connectivity index (χ2v) is 6.04. The smallest absolute Gasteiger partial charge is 0.314 e. The van der Waals surface area contributed by atoms with E-state index < -0.39 is 35.4 Å². The van der Waals surface area contributed by atoms with Crippen LogP contribution in [0.2, 0.25) is 5.02 Å². The first kappa shape index (κ1) is 19.3. The van der Waals surface area contributed by atoms with Crippen LogP contribution < -0.4 is 5.32 Å². The zero-order valence-electron chi connectivity index (χ0n) is 12.6. The van der Waals surface area contributed by atoms with Gasteiger partial charge in [-0.25, -0.2) is 0 Å². The van der Waals surface area contributed by atoms with Crippen molar-refractivity contribution in [1.82, 2.24) is 10.2 Å². The minimum Gasteiger partial charge on any atom is -0.314 e. The molecule has 1 N–H and O–H groups in total. The third kappa shape index (κ3) is 5.00. The highest BCUT2D eigenvalue weighted by atomic mass is 35.5. The number of alkyl halides is 6. The van der Waals surface area contributed by atoms with Crippen LogP contribution in [0.4, 0.5) is 26.3 Å². The van der Waals surface area contributed by atoms with Crippen molar-refractivity contribution in [2.24, 2.45) is 0 Å². The minimum atomic E-state index is -4.65. The normalized spacial score (nSPS) is 18.6. The van der Waals surface area contributed by atoms with Crippen molar-refractivity contribution < 1.29 is 26.3 Å². The molecule has 136 valence electrons. The maximum atomic E-state index is 13.0. The van der Waals surface area contributed by atoms with Gasteiger partial charge in [0, 0.05) is 38.6 Å². The van der Waals surface area contributed by atoms with Crippen LogP contribution in [-0.4, -0.2) is 37.3 Å². The molecule has 0 saturated carbocycles. The van der Waals surface area contributed by atoms with Crippen LogP contribution in [0.15, 0.2) is 18.2 Å². The van der Waals surface area contributed by atoms with Crippen molar-refractivity contribution >= 4 is 11.6 Å². The summed E-state index contributed by atoms with van der Waals surface area (Å²) >= 11 is 5.91. The van der Waals surface area contributed by atoms with Crippen LogP contribution in [0.3, 0.4) is 0 Å². The van der Waals surface area contributed by atoms with E-state index >= 15 is 0 Å². The molecule has 0 unspecified atom stereocenters. The van der Waals surface area contributed by atoms with Gasteiger partial charge in [-0.15, -0.1) is 0 Å². The lowest BCUT2D eigenvalue weighted by Gasteiger charge is -2.36. The Bertz CT molecular complexity index is 552. The van der Waals surface area contributed by atoms with Gasteiger partial charge in [0.15, 0.2) is 0 Å². The summed E-state index contributed by atoms with van der Waals surface area (Å²) in [5.74, 6) is 0. The van der Waals surface area contributed by atoms with Gasteiger partial charge in [0.1, 0.15) is 0 Å². The van der Waals surface area contributed by atoms with E-state index in [9.17, 15) is 26.3 Å². The Kier molecular flexibility index (Phi) is 6.04. The van der Waals surface area contributed by atoms with Gasteiger partial charge in [-0.3, -0.25) is 4.90 Å². The number of nitrogens with zero attached hydrogens (tertiary/aromatic N) is 1. The third-order valence-electron chi connectivity index (χ3n) is 3.99. The molecule has 1 fully saturated rings. The molecule has 2 nitrogen and oxygen atoms in total. The van der Waals surface area contributed by atoms with Crippen molar-refractivity contribution in [1.29, 1.82) is 0 Å². The Hall–Kier alpha value is -0.990. The summed E-state index contributed by atoms with van der Waals surface area (Å²) in [6.45, 7) is 2.04. The van der Waals surface area contributed by atoms with Gasteiger partial charge in [-0.1, -0.05) is 23.7 Å². The standard InChI is InChI=1S/C15H17ClF6N2/c16-13-10(2-1-3-11(13)15(20,21)22)12(4-5-14(17,18)19)24-8-6-23-7-9-24/h1-3,12,23H,4-9H2/t12-/m0/s1. The van der Waals surface area contributed by atoms with Crippen molar-refractivity contribution in [3.05, 3.63) is 34.3 Å². The molecule has 2 rings (SSSR count). The number of rotatable bonds is 4. The molecular weight excluding hydrogens is 358 g/mol. The number of hydrogen-bond donors (Lipinski definition) is 1. The molecule has 1 aliphatic rings. The summed E-state index contributed by atoms with van der Waals surface area (Å²) in [5, 5.41) is 2.55. The van der Waals surface area contributed by atoms with E-state index in [1.165, 1.54) is 12.1 Å². The van der Waals surface area contributed by atoms with Crippen LogP contribution >= 0.6 is 11.6 Å². The molecular formula is C15H17ClF6N2. The second kappa shape index (κ2) is 7.49. The Balaban J connectivity index is 2.35. The van der Waals surface area contributed by atoms with Crippen molar-refractivity contribution in [3.8, 4) is 0 Å². The number of halogens is 7. The lowest BCUT2D eigenvalue weighted by atomic mass is 9.97. The van der Waals surface area contributed by atoms with E-state index in [1.54, 1.807) is 4.90 Å². The van der Waals surface area contributed by atoms with Crippen molar-refractivity contribution in [3.63, 3.8) is 0 Å². The van der Waals surface area contributed by atoms with E-state index in [0.29, 0.717) is 26.2 Å². The average molecular weight is 375 g/mol. The first-order chi connectivity index (χ1) is 11.1. The van der Waals surface area contributed by atoms with Crippen LogP contribution in [0.1, 0.15) is 30.0 Å². The molecule has 0 spiro atoms. The van der Waals surface area contributed by atoms with Gasteiger partial charge in [0.25, 0.3) is 0 Å². The predicted octanol–water partition coefficient (Wildman–Crippen LogP) is 4.65. The molecule has 1 heterocycles. The second-order valence-electron chi connectivity index (χ2n) is 5.66. The van der Waals surface area contributed by atoms with E-state index in [-0.39, 0.29) is 12.0 Å². The molecule has 0 aromatic heterocycles. The quantitative estimate of drug-likeness (QED) is 0.772. The summed E-state index contributed by atoms with van der Waals surface area (Å²) in [6.07, 6.45) is -10.4. The SMILES string of the molecule is FC(F)(F)CC[C@@H](c1cccc(C(F)(F)F)c1Cl)N1CCNCC1. The Morgan fingerprint density at radius 1 is 1.08 bits per heavy atom. The molecule has 1 aromatic rings. The van der Waals surface area contributed by atoms with Gasteiger partial charge in [-0.05, 0) is 18.1 Å². The van der Waals surface area contributed by atoms with Gasteiger partial charge in [0.2, 0.25) is 0 Å². The Morgan fingerprint density at radius 2 is 1.71 bits per heavy atom. The minimum absolute atomic E-state index is 0.0950. The summed E-state index contributed by atoms with van der Waals surface area (Å²) in [4.78, 5) is 1.75. The monoisotopic (exact) mass is 374 g/mol. The maximum absolute atomic E-state index is 13.0. The van der Waals surface area contributed by atoms with Crippen LogP contribution in [0.5, 0.6) is 0 Å². The molecule has 1 aromatic carbocycles. The van der Waals surface area contributed by atoms with E-state index in [0.717, 1.165) is 6.07 Å². The van der Waals surface area contributed by atoms with Gasteiger partial charge < -0.3 is 5.32 Å². The fourth-order valence-electron chi connectivity index (χ4n) is 2.86. The Labute approximate surface area is 140 Å². The number of nitrogens with one attached hydrogen (secondary N) is 1. The lowest BCUT2D eigenvalue weighted by molar-refractivity contribution is -0.139. The van der Waals surface area contributed by atoms with Gasteiger partial charge >= 0.3 is 12.4 Å². The summed E-state index contributed by atoms with van der Waals surface area (Å²) < 4.78 is 76.9. The zero-order chi connectivity index (χ0) is 18.0. The van der Waals surface area contributed by atoms with Crippen molar-refractivity contribution in [2.45, 2.75) is 31.2 Å². The number of piperazine rings is 1. The van der Waals surface area contributed by atoms with Gasteiger partial charge in [0.05, 0.1) is 10.6 Å². The average Bonchev–Trinajstić information content (AvgIpc) is 2.48. The zero-order valence-corrected chi connectivity index (χ0v) is 13.4. The molecule has 1 atom stereocenters. The Morgan fingerprint density at radius 3 is 2.25 bits per heavy atom. The van der Waals surface area contributed by atoms with Crippen molar-refractivity contribution in [2.75, 3.05) is 26.2 Å². The van der Waals surface area contributed by atoms with Crippen LogP contribution in [0.25, 0.3) is 0 Å². The van der Waals surface area contributed by atoms with E-state index in [1.807, 2.05) is 0 Å². The predicted molar refractivity (Wildman–Crippen MR) is 78.9 cm³/mol. The van der Waals surface area contributed by atoms with Gasteiger partial charge in [-0.2, -0.15) is 26.3 Å². The van der Waals surface area contributed by atoms with Crippen LogP contribution in [-0.2, 0) is 6.18 Å². The highest BCUT2D eigenvalue weighted by Gasteiger charge is 2.37. The third-order valence-corrected chi connectivity index (χ3v) is 4.41. The summed E-state index contributed by atoms with van der Waals surface area (Å²) in [7, 11) is 0. The first-order valence-electron chi connectivity index (χ1n) is 7.47. The molecule has 1 aliphatic heterocycles. The molecule has 0 aliphatic carbocycles.